The lowest BCUT2D eigenvalue weighted by atomic mass is 10.4. The molecule has 8 heteroatoms. The molecule has 0 aliphatic rings. The van der Waals surface area contributed by atoms with Crippen molar-refractivity contribution < 1.29 is 14.2 Å². The Morgan fingerprint density at radius 3 is 2.30 bits per heavy atom. The minimum Gasteiger partial charge on any atom is -0.467 e. The van der Waals surface area contributed by atoms with E-state index in [0.717, 1.165) is 13.0 Å². The lowest BCUT2D eigenvalue weighted by Crippen LogP contribution is -2.27. The fourth-order valence-electron chi connectivity index (χ4n) is 1.44. The molecule has 2 N–H and O–H groups in total. The number of nitrogens with one attached hydrogen (secondary N) is 2. The Morgan fingerprint density at radius 2 is 1.75 bits per heavy atom. The van der Waals surface area contributed by atoms with Gasteiger partial charge in [-0.25, -0.2) is 0 Å². The maximum atomic E-state index is 5.26. The quantitative estimate of drug-likeness (QED) is 0.651. The second-order valence-electron chi connectivity index (χ2n) is 4.09. The van der Waals surface area contributed by atoms with Crippen molar-refractivity contribution >= 4 is 11.9 Å². The van der Waals surface area contributed by atoms with E-state index < -0.39 is 0 Å². The van der Waals surface area contributed by atoms with Gasteiger partial charge in [0.25, 0.3) is 0 Å². The van der Waals surface area contributed by atoms with Crippen LogP contribution < -0.4 is 15.4 Å². The van der Waals surface area contributed by atoms with E-state index in [-0.39, 0.29) is 12.1 Å². The molecule has 0 saturated carbocycles. The normalized spacial score (nSPS) is 12.0. The van der Waals surface area contributed by atoms with Crippen molar-refractivity contribution in [2.45, 2.75) is 19.4 Å². The zero-order valence-corrected chi connectivity index (χ0v) is 12.5. The summed E-state index contributed by atoms with van der Waals surface area (Å²) in [6.45, 7) is 3.88. The van der Waals surface area contributed by atoms with Gasteiger partial charge in [-0.2, -0.15) is 15.0 Å². The highest BCUT2D eigenvalue weighted by atomic mass is 16.5. The first-order valence-electron chi connectivity index (χ1n) is 6.53. The summed E-state index contributed by atoms with van der Waals surface area (Å²) in [5, 5.41) is 6.18. The molecule has 1 unspecified atom stereocenters. The highest BCUT2D eigenvalue weighted by molar-refractivity contribution is 5.35. The van der Waals surface area contributed by atoms with Crippen LogP contribution >= 0.6 is 0 Å². The second-order valence-corrected chi connectivity index (χ2v) is 4.09. The summed E-state index contributed by atoms with van der Waals surface area (Å²) in [7, 11) is 4.78. The predicted molar refractivity (Wildman–Crippen MR) is 76.3 cm³/mol. The van der Waals surface area contributed by atoms with Crippen molar-refractivity contribution in [3.05, 3.63) is 0 Å². The summed E-state index contributed by atoms with van der Waals surface area (Å²) in [4.78, 5) is 12.5. The third-order valence-corrected chi connectivity index (χ3v) is 2.50. The third-order valence-electron chi connectivity index (χ3n) is 2.50. The fraction of sp³-hybridized carbons (Fsp3) is 0.750. The first-order valence-corrected chi connectivity index (χ1v) is 6.53. The van der Waals surface area contributed by atoms with Crippen LogP contribution in [0, 0.1) is 0 Å². The molecule has 0 aliphatic heterocycles. The molecule has 0 bridgehead atoms. The number of hydrogen-bond donors (Lipinski definition) is 2. The van der Waals surface area contributed by atoms with E-state index in [0.29, 0.717) is 25.0 Å². The van der Waals surface area contributed by atoms with E-state index in [1.54, 1.807) is 14.2 Å². The molecule has 0 saturated heterocycles. The maximum Gasteiger partial charge on any atom is 0.322 e. The summed E-state index contributed by atoms with van der Waals surface area (Å²) in [5.74, 6) is 0.926. The number of ether oxygens (including phenoxy) is 3. The van der Waals surface area contributed by atoms with E-state index in [1.165, 1.54) is 7.11 Å². The molecule has 0 aromatic carbocycles. The van der Waals surface area contributed by atoms with Crippen molar-refractivity contribution in [1.82, 2.24) is 15.0 Å². The van der Waals surface area contributed by atoms with Crippen molar-refractivity contribution in [3.63, 3.8) is 0 Å². The van der Waals surface area contributed by atoms with Crippen molar-refractivity contribution in [2.75, 3.05) is 51.7 Å². The Balaban J connectivity index is 2.67. The fourth-order valence-corrected chi connectivity index (χ4v) is 1.44. The summed E-state index contributed by atoms with van der Waals surface area (Å²) in [5.41, 5.74) is 0. The van der Waals surface area contributed by atoms with Gasteiger partial charge in [0.1, 0.15) is 0 Å². The minimum absolute atomic E-state index is 0.0742. The van der Waals surface area contributed by atoms with Crippen LogP contribution in [0.1, 0.15) is 13.3 Å². The summed E-state index contributed by atoms with van der Waals surface area (Å²) >= 11 is 0. The first-order chi connectivity index (χ1) is 9.73. The maximum absolute atomic E-state index is 5.26. The van der Waals surface area contributed by atoms with Gasteiger partial charge in [-0.05, 0) is 6.42 Å². The first kappa shape index (κ1) is 16.4. The zero-order chi connectivity index (χ0) is 14.8. The highest BCUT2D eigenvalue weighted by Gasteiger charge is 2.10. The molecule has 0 radical (unpaired) electrons. The predicted octanol–water partition coefficient (Wildman–Crippen LogP) is 0.775. The largest absolute Gasteiger partial charge is 0.467 e. The number of aromatic nitrogens is 3. The molecule has 0 aliphatic carbocycles. The van der Waals surface area contributed by atoms with Gasteiger partial charge in [0.05, 0.1) is 19.8 Å². The van der Waals surface area contributed by atoms with Crippen LogP contribution in [0.3, 0.4) is 0 Å². The van der Waals surface area contributed by atoms with Crippen molar-refractivity contribution in [3.8, 4) is 6.01 Å². The average Bonchev–Trinajstić information content (AvgIpc) is 2.49. The van der Waals surface area contributed by atoms with Crippen LogP contribution in [0.4, 0.5) is 11.9 Å². The second kappa shape index (κ2) is 9.27. The van der Waals surface area contributed by atoms with Gasteiger partial charge in [0.2, 0.25) is 11.9 Å². The summed E-state index contributed by atoms with van der Waals surface area (Å²) in [6.07, 6.45) is 0.908. The van der Waals surface area contributed by atoms with Crippen LogP contribution in [0.15, 0.2) is 0 Å². The van der Waals surface area contributed by atoms with Crippen LogP contribution in [-0.4, -0.2) is 62.1 Å². The molecule has 8 nitrogen and oxygen atoms in total. The zero-order valence-electron chi connectivity index (χ0n) is 12.5. The molecular weight excluding hydrogens is 262 g/mol. The third kappa shape index (κ3) is 5.54. The summed E-state index contributed by atoms with van der Waals surface area (Å²) in [6, 6.07) is 0.266. The van der Waals surface area contributed by atoms with E-state index in [9.17, 15) is 0 Å². The molecule has 1 heterocycles. The molecule has 114 valence electrons. The van der Waals surface area contributed by atoms with Gasteiger partial charge in [-0.1, -0.05) is 6.92 Å². The molecule has 1 aromatic heterocycles. The molecule has 1 aromatic rings. The van der Waals surface area contributed by atoms with Gasteiger partial charge in [-0.3, -0.25) is 0 Å². The Hall–Kier alpha value is -1.67. The highest BCUT2D eigenvalue weighted by Crippen LogP contribution is 2.11. The molecule has 0 amide bonds. The van der Waals surface area contributed by atoms with E-state index in [2.05, 4.69) is 32.5 Å². The minimum atomic E-state index is -0.0742. The van der Waals surface area contributed by atoms with Crippen LogP contribution in [0.25, 0.3) is 0 Å². The standard InChI is InChI=1S/C12H23N5O3/c1-5-6-13-10-15-11(17-12(16-10)20-4)14-7-9(19-3)8-18-2/h9H,5-8H2,1-4H3,(H2,13,14,15,16,17). The van der Waals surface area contributed by atoms with E-state index >= 15 is 0 Å². The number of methoxy groups -OCH3 is 3. The number of nitrogens with zero attached hydrogens (tertiary/aromatic N) is 3. The van der Waals surface area contributed by atoms with Crippen LogP contribution in [0.2, 0.25) is 0 Å². The van der Waals surface area contributed by atoms with Gasteiger partial charge in [0.15, 0.2) is 0 Å². The molecule has 1 atom stereocenters. The van der Waals surface area contributed by atoms with Gasteiger partial charge < -0.3 is 24.8 Å². The summed E-state index contributed by atoms with van der Waals surface area (Å²) < 4.78 is 15.4. The Labute approximate surface area is 119 Å². The molecule has 0 fully saturated rings. The Kier molecular flexibility index (Phi) is 7.59. The topological polar surface area (TPSA) is 90.4 Å². The molecular formula is C12H23N5O3. The molecule has 1 rings (SSSR count). The molecule has 0 spiro atoms. The van der Waals surface area contributed by atoms with E-state index in [1.807, 2.05) is 0 Å². The lowest BCUT2D eigenvalue weighted by Gasteiger charge is -2.15. The Morgan fingerprint density at radius 1 is 1.05 bits per heavy atom. The monoisotopic (exact) mass is 285 g/mol. The Bertz CT molecular complexity index is 391. The van der Waals surface area contributed by atoms with Gasteiger partial charge >= 0.3 is 6.01 Å². The van der Waals surface area contributed by atoms with Gasteiger partial charge in [0, 0.05) is 27.3 Å². The lowest BCUT2D eigenvalue weighted by molar-refractivity contribution is 0.0364. The van der Waals surface area contributed by atoms with Crippen molar-refractivity contribution in [2.24, 2.45) is 0 Å². The van der Waals surface area contributed by atoms with E-state index in [4.69, 9.17) is 14.2 Å². The number of anilines is 2. The van der Waals surface area contributed by atoms with Crippen molar-refractivity contribution in [1.29, 1.82) is 0 Å². The SMILES string of the molecule is CCCNc1nc(NCC(COC)OC)nc(OC)n1. The van der Waals surface area contributed by atoms with Crippen LogP contribution in [-0.2, 0) is 9.47 Å². The number of hydrogen-bond acceptors (Lipinski definition) is 8. The molecule has 20 heavy (non-hydrogen) atoms. The number of rotatable bonds is 10. The van der Waals surface area contributed by atoms with Gasteiger partial charge in [-0.15, -0.1) is 0 Å². The van der Waals surface area contributed by atoms with Crippen LogP contribution in [0.5, 0.6) is 6.01 Å². The average molecular weight is 285 g/mol. The smallest absolute Gasteiger partial charge is 0.322 e.